The topological polar surface area (TPSA) is 63.7 Å². The highest BCUT2D eigenvalue weighted by Crippen LogP contribution is 2.31. The van der Waals surface area contributed by atoms with E-state index in [1.807, 2.05) is 0 Å². The molecule has 3 aromatic rings. The Labute approximate surface area is 186 Å². The van der Waals surface area contributed by atoms with Crippen LogP contribution in [0.3, 0.4) is 0 Å². The van der Waals surface area contributed by atoms with Gasteiger partial charge in [0.05, 0.1) is 17.5 Å². The number of aromatic nitrogens is 3. The Morgan fingerprint density at radius 3 is 2.48 bits per heavy atom. The zero-order chi connectivity index (χ0) is 21.2. The van der Waals surface area contributed by atoms with E-state index in [0.29, 0.717) is 46.5 Å². The monoisotopic (exact) mass is 466 g/mol. The van der Waals surface area contributed by atoms with E-state index in [4.69, 9.17) is 39.5 Å². The van der Waals surface area contributed by atoms with Crippen LogP contribution in [-0.4, -0.2) is 29.2 Å². The lowest BCUT2D eigenvalue weighted by Gasteiger charge is -2.16. The van der Waals surface area contributed by atoms with Gasteiger partial charge in [-0.1, -0.05) is 60.5 Å². The van der Waals surface area contributed by atoms with Crippen LogP contribution in [0.4, 0.5) is 0 Å². The summed E-state index contributed by atoms with van der Waals surface area (Å²) in [6.07, 6.45) is 2.00. The molecule has 5 nitrogen and oxygen atoms in total. The minimum absolute atomic E-state index is 0.127. The van der Waals surface area contributed by atoms with E-state index in [0.717, 1.165) is 11.6 Å². The molecule has 0 saturated carbocycles. The van der Waals surface area contributed by atoms with Crippen LogP contribution >= 0.6 is 34.8 Å². The number of benzene rings is 1. The fraction of sp³-hybridized carbons (Fsp3) is 0.350. The molecular formula is C20H21Cl3N4OSi. The maximum atomic E-state index is 9.61. The summed E-state index contributed by atoms with van der Waals surface area (Å²) in [7, 11) is -1.18. The molecule has 0 aliphatic heterocycles. The molecule has 29 heavy (non-hydrogen) atoms. The minimum Gasteiger partial charge on any atom is -0.361 e. The number of ether oxygens (including phenoxy) is 1. The highest BCUT2D eigenvalue weighted by atomic mass is 35.5. The first-order valence-electron chi connectivity index (χ1n) is 9.15. The maximum absolute atomic E-state index is 9.61. The predicted molar refractivity (Wildman–Crippen MR) is 121 cm³/mol. The van der Waals surface area contributed by atoms with Crippen molar-refractivity contribution in [1.29, 1.82) is 5.26 Å². The molecule has 0 unspecified atom stereocenters. The molecule has 1 aromatic carbocycles. The van der Waals surface area contributed by atoms with Gasteiger partial charge in [-0.05, 0) is 23.7 Å². The second-order valence-corrected chi connectivity index (χ2v) is 14.8. The molecule has 0 saturated heterocycles. The molecule has 0 aliphatic rings. The third-order valence-electron chi connectivity index (χ3n) is 4.53. The fourth-order valence-corrected chi connectivity index (χ4v) is 4.43. The van der Waals surface area contributed by atoms with Crippen molar-refractivity contribution >= 4 is 53.9 Å². The smallest absolute Gasteiger partial charge is 0.149 e. The molecule has 0 amide bonds. The number of imidazole rings is 1. The van der Waals surface area contributed by atoms with E-state index in [1.165, 1.54) is 0 Å². The molecule has 0 bridgehead atoms. The van der Waals surface area contributed by atoms with E-state index in [-0.39, 0.29) is 10.7 Å². The zero-order valence-corrected chi connectivity index (χ0v) is 19.7. The Morgan fingerprint density at radius 2 is 1.86 bits per heavy atom. The molecule has 0 fully saturated rings. The zero-order valence-electron chi connectivity index (χ0n) is 16.5. The molecule has 0 radical (unpaired) electrons. The average molecular weight is 468 g/mol. The van der Waals surface area contributed by atoms with Gasteiger partial charge in [-0.25, -0.2) is 9.97 Å². The summed E-state index contributed by atoms with van der Waals surface area (Å²) in [5.41, 5.74) is 2.84. The first kappa shape index (κ1) is 22.1. The van der Waals surface area contributed by atoms with Gasteiger partial charge in [0.25, 0.3) is 0 Å². The number of hydrogen-bond acceptors (Lipinski definition) is 4. The molecule has 9 heteroatoms. The van der Waals surface area contributed by atoms with Gasteiger partial charge in [-0.15, -0.1) is 0 Å². The summed E-state index contributed by atoms with van der Waals surface area (Å²) in [4.78, 5) is 8.89. The van der Waals surface area contributed by atoms with Crippen LogP contribution in [0.25, 0.3) is 11.0 Å². The number of nitrogens with zero attached hydrogens (tertiary/aromatic N) is 4. The Morgan fingerprint density at radius 1 is 1.17 bits per heavy atom. The molecule has 3 rings (SSSR count). The van der Waals surface area contributed by atoms with Crippen molar-refractivity contribution in [2.75, 3.05) is 6.61 Å². The van der Waals surface area contributed by atoms with E-state index in [9.17, 15) is 5.26 Å². The summed E-state index contributed by atoms with van der Waals surface area (Å²) in [6, 6.07) is 8.53. The van der Waals surface area contributed by atoms with Crippen LogP contribution in [0, 0.1) is 11.3 Å². The number of nitriles is 1. The van der Waals surface area contributed by atoms with Gasteiger partial charge in [0.2, 0.25) is 0 Å². The van der Waals surface area contributed by atoms with Crippen molar-refractivity contribution in [1.82, 2.24) is 14.5 Å². The molecule has 0 aliphatic carbocycles. The quantitative estimate of drug-likeness (QED) is 0.237. The summed E-state index contributed by atoms with van der Waals surface area (Å²) in [6.45, 7) is 7.86. The number of pyridine rings is 1. The standard InChI is InChI=1S/C20H21Cl3N4OSi/c1-29(2,3)8-7-28-12-27-11-25-18-17(26-20(23)14(10-24)19(18)27)9-13-15(21)5-4-6-16(13)22/h4-6,11H,7-9,12H2,1-3H3. The lowest BCUT2D eigenvalue weighted by molar-refractivity contribution is 0.0898. The summed E-state index contributed by atoms with van der Waals surface area (Å²) in [5, 5.41) is 10.8. The van der Waals surface area contributed by atoms with Crippen molar-refractivity contribution < 1.29 is 4.74 Å². The SMILES string of the molecule is C[Si](C)(C)CCOCn1cnc2c(Cc3c(Cl)cccc3Cl)nc(Cl)c(C#N)c21. The third-order valence-corrected chi connectivity index (χ3v) is 7.22. The Bertz CT molecular complexity index is 1070. The van der Waals surface area contributed by atoms with E-state index < -0.39 is 8.07 Å². The predicted octanol–water partition coefficient (Wildman–Crippen LogP) is 6.17. The summed E-state index contributed by atoms with van der Waals surface area (Å²) >= 11 is 19.0. The van der Waals surface area contributed by atoms with Crippen LogP contribution in [0.2, 0.25) is 40.9 Å². The van der Waals surface area contributed by atoms with Gasteiger partial charge in [0, 0.05) is 31.1 Å². The van der Waals surface area contributed by atoms with E-state index in [2.05, 4.69) is 35.7 Å². The van der Waals surface area contributed by atoms with Gasteiger partial charge in [0.15, 0.2) is 0 Å². The van der Waals surface area contributed by atoms with Crippen LogP contribution in [0.5, 0.6) is 0 Å². The van der Waals surface area contributed by atoms with Crippen LogP contribution < -0.4 is 0 Å². The molecule has 2 heterocycles. The van der Waals surface area contributed by atoms with Crippen molar-refractivity contribution in [3.05, 3.63) is 56.5 Å². The Hall–Kier alpha value is -1.62. The normalized spacial score (nSPS) is 11.8. The van der Waals surface area contributed by atoms with Crippen LogP contribution in [0.15, 0.2) is 24.5 Å². The summed E-state index contributed by atoms with van der Waals surface area (Å²) < 4.78 is 7.64. The van der Waals surface area contributed by atoms with Crippen molar-refractivity contribution in [2.45, 2.75) is 38.8 Å². The number of halogens is 3. The van der Waals surface area contributed by atoms with Gasteiger partial charge >= 0.3 is 0 Å². The van der Waals surface area contributed by atoms with E-state index >= 15 is 0 Å². The highest BCUT2D eigenvalue weighted by Gasteiger charge is 2.20. The lowest BCUT2D eigenvalue weighted by Crippen LogP contribution is -2.22. The first-order valence-corrected chi connectivity index (χ1v) is 14.0. The molecule has 0 atom stereocenters. The third kappa shape index (κ3) is 5.11. The molecule has 152 valence electrons. The fourth-order valence-electron chi connectivity index (χ4n) is 2.91. The van der Waals surface area contributed by atoms with Crippen LogP contribution in [-0.2, 0) is 17.9 Å². The second kappa shape index (κ2) is 9.03. The minimum atomic E-state index is -1.18. The second-order valence-electron chi connectivity index (χ2n) is 7.97. The van der Waals surface area contributed by atoms with Gasteiger partial charge in [-0.2, -0.15) is 5.26 Å². The molecule has 2 aromatic heterocycles. The lowest BCUT2D eigenvalue weighted by atomic mass is 10.1. The van der Waals surface area contributed by atoms with Gasteiger partial charge < -0.3 is 9.30 Å². The largest absolute Gasteiger partial charge is 0.361 e. The Kier molecular flexibility index (Phi) is 6.87. The van der Waals surface area contributed by atoms with Gasteiger partial charge in [-0.3, -0.25) is 0 Å². The first-order chi connectivity index (χ1) is 13.7. The number of rotatable bonds is 7. The van der Waals surface area contributed by atoms with Crippen molar-refractivity contribution in [3.63, 3.8) is 0 Å². The average Bonchev–Trinajstić information content (AvgIpc) is 3.05. The number of hydrogen-bond donors (Lipinski definition) is 0. The highest BCUT2D eigenvalue weighted by molar-refractivity contribution is 6.76. The van der Waals surface area contributed by atoms with E-state index in [1.54, 1.807) is 29.1 Å². The van der Waals surface area contributed by atoms with Gasteiger partial charge in [0.1, 0.15) is 29.0 Å². The number of fused-ring (bicyclic) bond motifs is 1. The molecule has 0 spiro atoms. The van der Waals surface area contributed by atoms with Crippen LogP contribution in [0.1, 0.15) is 16.8 Å². The Balaban J connectivity index is 1.97. The molecule has 0 N–H and O–H groups in total. The maximum Gasteiger partial charge on any atom is 0.149 e. The van der Waals surface area contributed by atoms with Crippen molar-refractivity contribution in [3.8, 4) is 6.07 Å². The molecular weight excluding hydrogens is 447 g/mol. The van der Waals surface area contributed by atoms with Crippen molar-refractivity contribution in [2.24, 2.45) is 0 Å². The summed E-state index contributed by atoms with van der Waals surface area (Å²) in [5.74, 6) is 0.